The van der Waals surface area contributed by atoms with Crippen LogP contribution in [0.25, 0.3) is 11.6 Å². The van der Waals surface area contributed by atoms with Crippen molar-refractivity contribution >= 4 is 51.1 Å². The molecule has 2 rings (SSSR count). The van der Waals surface area contributed by atoms with E-state index < -0.39 is 11.9 Å². The van der Waals surface area contributed by atoms with Gasteiger partial charge in [0.05, 0.1) is 12.7 Å². The zero-order valence-electron chi connectivity index (χ0n) is 12.2. The molecule has 6 heteroatoms. The Hall–Kier alpha value is -2.11. The van der Waals surface area contributed by atoms with E-state index in [1.807, 2.05) is 0 Å². The number of methoxy groups -OCH3 is 1. The van der Waals surface area contributed by atoms with Crippen molar-refractivity contribution in [1.82, 2.24) is 0 Å². The van der Waals surface area contributed by atoms with Gasteiger partial charge in [-0.25, -0.2) is 4.79 Å². The molecule has 0 saturated heterocycles. The molecule has 1 amide bonds. The molecular formula is C17H13BrClNO3. The number of halogens is 2. The summed E-state index contributed by atoms with van der Waals surface area (Å²) < 4.78 is 5.48. The van der Waals surface area contributed by atoms with Gasteiger partial charge in [-0.15, -0.1) is 0 Å². The number of benzene rings is 2. The number of esters is 1. The van der Waals surface area contributed by atoms with Crippen molar-refractivity contribution in [3.63, 3.8) is 0 Å². The molecule has 0 aliphatic heterocycles. The summed E-state index contributed by atoms with van der Waals surface area (Å²) in [5.41, 5.74) is 7.27. The van der Waals surface area contributed by atoms with Gasteiger partial charge in [-0.3, -0.25) is 4.79 Å². The highest BCUT2D eigenvalue weighted by molar-refractivity contribution is 9.10. The Morgan fingerprint density at radius 3 is 2.57 bits per heavy atom. The fraction of sp³-hybridized carbons (Fsp3) is 0.0588. The van der Waals surface area contributed by atoms with Gasteiger partial charge in [0.15, 0.2) is 0 Å². The van der Waals surface area contributed by atoms with Gasteiger partial charge in [-0.1, -0.05) is 45.7 Å². The summed E-state index contributed by atoms with van der Waals surface area (Å²) in [7, 11) is 1.31. The fourth-order valence-corrected chi connectivity index (χ4v) is 2.80. The Labute approximate surface area is 147 Å². The summed E-state index contributed by atoms with van der Waals surface area (Å²) in [6.45, 7) is 0. The lowest BCUT2D eigenvalue weighted by Gasteiger charge is -2.08. The van der Waals surface area contributed by atoms with Crippen molar-refractivity contribution < 1.29 is 14.3 Å². The first kappa shape index (κ1) is 17.2. The minimum Gasteiger partial charge on any atom is -0.465 e. The Bertz CT molecular complexity index is 802. The molecular weight excluding hydrogens is 382 g/mol. The lowest BCUT2D eigenvalue weighted by atomic mass is 10.0. The van der Waals surface area contributed by atoms with Crippen molar-refractivity contribution in [2.45, 2.75) is 0 Å². The molecule has 23 heavy (non-hydrogen) atoms. The largest absolute Gasteiger partial charge is 0.465 e. The summed E-state index contributed by atoms with van der Waals surface area (Å²) in [6.07, 6.45) is 1.59. The van der Waals surface area contributed by atoms with Crippen molar-refractivity contribution in [3.8, 4) is 0 Å². The third-order valence-corrected chi connectivity index (χ3v) is 3.91. The zero-order valence-corrected chi connectivity index (χ0v) is 14.5. The molecule has 0 aliphatic rings. The van der Waals surface area contributed by atoms with Gasteiger partial charge >= 0.3 is 5.97 Å². The van der Waals surface area contributed by atoms with E-state index in [4.69, 9.17) is 17.3 Å². The number of rotatable bonds is 4. The van der Waals surface area contributed by atoms with E-state index in [1.54, 1.807) is 48.5 Å². The highest BCUT2D eigenvalue weighted by Crippen LogP contribution is 2.28. The quantitative estimate of drug-likeness (QED) is 0.485. The number of carbonyl (C=O) groups is 2. The number of ether oxygens (including phenoxy) is 1. The molecule has 0 radical (unpaired) electrons. The molecule has 118 valence electrons. The first-order chi connectivity index (χ1) is 10.9. The third-order valence-electron chi connectivity index (χ3n) is 3.11. The molecule has 0 bridgehead atoms. The second-order valence-electron chi connectivity index (χ2n) is 4.66. The fourth-order valence-electron chi connectivity index (χ4n) is 2.03. The Kier molecular flexibility index (Phi) is 5.58. The Morgan fingerprint density at radius 2 is 1.96 bits per heavy atom. The topological polar surface area (TPSA) is 69.4 Å². The lowest BCUT2D eigenvalue weighted by molar-refractivity contribution is -0.112. The summed E-state index contributed by atoms with van der Waals surface area (Å²) in [6, 6.07) is 11.8. The van der Waals surface area contributed by atoms with Crippen LogP contribution >= 0.6 is 27.5 Å². The van der Waals surface area contributed by atoms with Gasteiger partial charge in [0.25, 0.3) is 0 Å². The number of amides is 1. The Balaban J connectivity index is 2.52. The summed E-state index contributed by atoms with van der Waals surface area (Å²) in [5.74, 6) is -1.07. The Morgan fingerprint density at radius 1 is 1.22 bits per heavy atom. The van der Waals surface area contributed by atoms with E-state index in [1.165, 1.54) is 7.11 Å². The van der Waals surface area contributed by atoms with Crippen LogP contribution in [0.2, 0.25) is 5.02 Å². The number of hydrogen-bond acceptors (Lipinski definition) is 3. The van der Waals surface area contributed by atoms with Crippen LogP contribution in [0.15, 0.2) is 46.9 Å². The van der Waals surface area contributed by atoms with E-state index in [0.717, 1.165) is 4.47 Å². The predicted molar refractivity (Wildman–Crippen MR) is 94.0 cm³/mol. The predicted octanol–water partition coefficient (Wildman–Crippen LogP) is 3.92. The van der Waals surface area contributed by atoms with E-state index in [0.29, 0.717) is 21.7 Å². The molecule has 2 aromatic rings. The van der Waals surface area contributed by atoms with E-state index in [-0.39, 0.29) is 5.57 Å². The smallest absolute Gasteiger partial charge is 0.337 e. The van der Waals surface area contributed by atoms with Crippen LogP contribution in [0.1, 0.15) is 21.5 Å². The summed E-state index contributed by atoms with van der Waals surface area (Å²) >= 11 is 9.50. The highest BCUT2D eigenvalue weighted by atomic mass is 79.9. The number of carbonyl (C=O) groups excluding carboxylic acids is 2. The highest BCUT2D eigenvalue weighted by Gasteiger charge is 2.13. The van der Waals surface area contributed by atoms with Crippen LogP contribution in [0, 0.1) is 0 Å². The van der Waals surface area contributed by atoms with Crippen molar-refractivity contribution in [1.29, 1.82) is 0 Å². The summed E-state index contributed by atoms with van der Waals surface area (Å²) in [4.78, 5) is 23.4. The van der Waals surface area contributed by atoms with Gasteiger partial charge in [0.2, 0.25) is 5.91 Å². The first-order valence-corrected chi connectivity index (χ1v) is 7.74. The molecule has 0 saturated carbocycles. The summed E-state index contributed by atoms with van der Waals surface area (Å²) in [5, 5.41) is 0.397. The lowest BCUT2D eigenvalue weighted by Crippen LogP contribution is -2.13. The van der Waals surface area contributed by atoms with Gasteiger partial charge in [-0.2, -0.15) is 0 Å². The minimum absolute atomic E-state index is 0.254. The standard InChI is InChI=1S/C17H13BrClNO3/c1-23-17(22)11-4-2-3-10(7-11)8-14(16(20)21)13-6-5-12(18)9-15(13)19/h2-9H,1H3,(H2,20,21)/b14-8-. The third kappa shape index (κ3) is 4.21. The van der Waals surface area contributed by atoms with Gasteiger partial charge in [0, 0.05) is 20.6 Å². The average molecular weight is 395 g/mol. The van der Waals surface area contributed by atoms with Crippen molar-refractivity contribution in [2.24, 2.45) is 5.73 Å². The van der Waals surface area contributed by atoms with Crippen LogP contribution in [-0.2, 0) is 9.53 Å². The second-order valence-corrected chi connectivity index (χ2v) is 5.99. The van der Waals surface area contributed by atoms with Crippen LogP contribution < -0.4 is 5.73 Å². The van der Waals surface area contributed by atoms with Gasteiger partial charge in [-0.05, 0) is 35.9 Å². The van der Waals surface area contributed by atoms with E-state index in [2.05, 4.69) is 20.7 Å². The zero-order chi connectivity index (χ0) is 17.0. The average Bonchev–Trinajstić information content (AvgIpc) is 2.52. The number of hydrogen-bond donors (Lipinski definition) is 1. The maximum atomic E-state index is 11.8. The molecule has 0 heterocycles. The van der Waals surface area contributed by atoms with Crippen molar-refractivity contribution in [3.05, 3.63) is 68.7 Å². The first-order valence-electron chi connectivity index (χ1n) is 6.57. The molecule has 2 aromatic carbocycles. The maximum Gasteiger partial charge on any atom is 0.337 e. The normalized spacial score (nSPS) is 11.2. The SMILES string of the molecule is COC(=O)c1cccc(/C=C(\C(N)=O)c2ccc(Br)cc2Cl)c1. The molecule has 4 nitrogen and oxygen atoms in total. The molecule has 0 atom stereocenters. The number of primary amides is 1. The molecule has 0 aromatic heterocycles. The minimum atomic E-state index is -0.613. The molecule has 0 fully saturated rings. The van der Waals surface area contributed by atoms with Crippen molar-refractivity contribution in [2.75, 3.05) is 7.11 Å². The molecule has 0 unspecified atom stereocenters. The molecule has 2 N–H and O–H groups in total. The van der Waals surface area contributed by atoms with Crippen LogP contribution in [-0.4, -0.2) is 19.0 Å². The number of nitrogens with two attached hydrogens (primary N) is 1. The molecule has 0 aliphatic carbocycles. The van der Waals surface area contributed by atoms with Crippen LogP contribution in [0.5, 0.6) is 0 Å². The monoisotopic (exact) mass is 393 g/mol. The second kappa shape index (κ2) is 7.44. The van der Waals surface area contributed by atoms with E-state index in [9.17, 15) is 9.59 Å². The molecule has 0 spiro atoms. The van der Waals surface area contributed by atoms with Gasteiger partial charge < -0.3 is 10.5 Å². The van der Waals surface area contributed by atoms with Gasteiger partial charge in [0.1, 0.15) is 0 Å². The van der Waals surface area contributed by atoms with Crippen LogP contribution in [0.3, 0.4) is 0 Å². The maximum absolute atomic E-state index is 11.8. The van der Waals surface area contributed by atoms with E-state index >= 15 is 0 Å². The van der Waals surface area contributed by atoms with Crippen LogP contribution in [0.4, 0.5) is 0 Å².